The molecule has 0 aliphatic heterocycles. The zero-order valence-electron chi connectivity index (χ0n) is 15.3. The van der Waals surface area contributed by atoms with E-state index in [1.807, 2.05) is 0 Å². The van der Waals surface area contributed by atoms with Crippen molar-refractivity contribution in [1.29, 1.82) is 0 Å². The molecule has 2 aromatic carbocycles. The lowest BCUT2D eigenvalue weighted by Crippen LogP contribution is -2.48. The van der Waals surface area contributed by atoms with Crippen LogP contribution in [0.1, 0.15) is 48.8 Å². The van der Waals surface area contributed by atoms with E-state index in [1.54, 1.807) is 0 Å². The standard InChI is InChI=1S/C22H28N2S/c1-17-10-11-20(18(2)16-17)23-21(25)24-22(13-6-7-14-22)15-12-19-8-4-3-5-9-19/h3-5,8-11,16H,6-7,12-15H2,1-2H3,(H2,23,24,25). The first-order valence-corrected chi connectivity index (χ1v) is 9.68. The minimum atomic E-state index is 0.137. The van der Waals surface area contributed by atoms with Crippen molar-refractivity contribution in [2.45, 2.75) is 57.9 Å². The Morgan fingerprint density at radius 1 is 1.04 bits per heavy atom. The van der Waals surface area contributed by atoms with E-state index in [4.69, 9.17) is 12.2 Å². The number of thiocarbonyl (C=S) groups is 1. The molecule has 2 nitrogen and oxygen atoms in total. The molecule has 132 valence electrons. The highest BCUT2D eigenvalue weighted by Crippen LogP contribution is 2.34. The third-order valence-corrected chi connectivity index (χ3v) is 5.51. The van der Waals surface area contributed by atoms with Crippen LogP contribution in [-0.4, -0.2) is 10.7 Å². The Kier molecular flexibility index (Phi) is 5.74. The molecule has 3 rings (SSSR count). The Morgan fingerprint density at radius 3 is 2.44 bits per heavy atom. The summed E-state index contributed by atoms with van der Waals surface area (Å²) >= 11 is 5.65. The number of rotatable bonds is 5. The fourth-order valence-corrected chi connectivity index (χ4v) is 4.19. The van der Waals surface area contributed by atoms with Gasteiger partial charge in [0.25, 0.3) is 0 Å². The zero-order valence-corrected chi connectivity index (χ0v) is 16.1. The van der Waals surface area contributed by atoms with Gasteiger partial charge < -0.3 is 10.6 Å². The molecule has 0 unspecified atom stereocenters. The Bertz CT molecular complexity index is 718. The van der Waals surface area contributed by atoms with Crippen molar-refractivity contribution in [3.63, 3.8) is 0 Å². The van der Waals surface area contributed by atoms with Crippen LogP contribution in [0.5, 0.6) is 0 Å². The van der Waals surface area contributed by atoms with E-state index in [0.29, 0.717) is 0 Å². The van der Waals surface area contributed by atoms with Gasteiger partial charge in [-0.05, 0) is 68.9 Å². The van der Waals surface area contributed by atoms with Crippen molar-refractivity contribution in [2.75, 3.05) is 5.32 Å². The molecule has 0 aromatic heterocycles. The van der Waals surface area contributed by atoms with Crippen LogP contribution in [-0.2, 0) is 6.42 Å². The molecule has 0 atom stereocenters. The van der Waals surface area contributed by atoms with Gasteiger partial charge in [0, 0.05) is 11.2 Å². The number of anilines is 1. The number of aryl methyl sites for hydroxylation is 3. The zero-order chi connectivity index (χ0) is 17.7. The summed E-state index contributed by atoms with van der Waals surface area (Å²) in [5.41, 5.74) is 5.15. The van der Waals surface area contributed by atoms with Crippen molar-refractivity contribution in [3.8, 4) is 0 Å². The third-order valence-electron chi connectivity index (χ3n) is 5.30. The topological polar surface area (TPSA) is 24.1 Å². The second-order valence-electron chi connectivity index (χ2n) is 7.37. The summed E-state index contributed by atoms with van der Waals surface area (Å²) in [5, 5.41) is 7.83. The largest absolute Gasteiger partial charge is 0.357 e. The second-order valence-corrected chi connectivity index (χ2v) is 7.78. The van der Waals surface area contributed by atoms with Crippen LogP contribution in [0.15, 0.2) is 48.5 Å². The van der Waals surface area contributed by atoms with Crippen LogP contribution in [0.3, 0.4) is 0 Å². The molecule has 25 heavy (non-hydrogen) atoms. The highest BCUT2D eigenvalue weighted by molar-refractivity contribution is 7.80. The van der Waals surface area contributed by atoms with Gasteiger partial charge in [0.05, 0.1) is 0 Å². The summed E-state index contributed by atoms with van der Waals surface area (Å²) in [6, 6.07) is 17.2. The van der Waals surface area contributed by atoms with Gasteiger partial charge >= 0.3 is 0 Å². The van der Waals surface area contributed by atoms with Crippen LogP contribution in [0.25, 0.3) is 0 Å². The van der Waals surface area contributed by atoms with Crippen LogP contribution < -0.4 is 10.6 Å². The SMILES string of the molecule is Cc1ccc(NC(=S)NC2(CCc3ccccc3)CCCC2)c(C)c1. The molecule has 0 bridgehead atoms. The van der Waals surface area contributed by atoms with Crippen LogP contribution >= 0.6 is 12.2 Å². The molecule has 0 saturated heterocycles. The van der Waals surface area contributed by atoms with Gasteiger partial charge in [0.1, 0.15) is 0 Å². The quantitative estimate of drug-likeness (QED) is 0.691. The van der Waals surface area contributed by atoms with Gasteiger partial charge in [-0.3, -0.25) is 0 Å². The third kappa shape index (κ3) is 4.82. The maximum absolute atomic E-state index is 5.65. The van der Waals surface area contributed by atoms with Crippen LogP contribution in [0.2, 0.25) is 0 Å². The minimum Gasteiger partial charge on any atom is -0.357 e. The normalized spacial score (nSPS) is 15.8. The Labute approximate surface area is 157 Å². The number of nitrogens with one attached hydrogen (secondary N) is 2. The van der Waals surface area contributed by atoms with Crippen molar-refractivity contribution in [3.05, 3.63) is 65.2 Å². The Hall–Kier alpha value is -1.87. The van der Waals surface area contributed by atoms with Gasteiger partial charge in [-0.25, -0.2) is 0 Å². The maximum atomic E-state index is 5.65. The van der Waals surface area contributed by atoms with E-state index in [2.05, 4.69) is 73.0 Å². The summed E-state index contributed by atoms with van der Waals surface area (Å²) in [7, 11) is 0. The lowest BCUT2D eigenvalue weighted by atomic mass is 9.89. The monoisotopic (exact) mass is 352 g/mol. The summed E-state index contributed by atoms with van der Waals surface area (Å²) in [5.74, 6) is 0. The Morgan fingerprint density at radius 2 is 1.76 bits per heavy atom. The van der Waals surface area contributed by atoms with E-state index in [-0.39, 0.29) is 5.54 Å². The van der Waals surface area contributed by atoms with Crippen molar-refractivity contribution in [1.82, 2.24) is 5.32 Å². The average Bonchev–Trinajstić information content (AvgIpc) is 3.05. The van der Waals surface area contributed by atoms with Crippen LogP contribution in [0, 0.1) is 13.8 Å². The highest BCUT2D eigenvalue weighted by atomic mass is 32.1. The number of hydrogen-bond acceptors (Lipinski definition) is 1. The van der Waals surface area contributed by atoms with Gasteiger partial charge in [0.15, 0.2) is 5.11 Å². The number of hydrogen-bond donors (Lipinski definition) is 2. The van der Waals surface area contributed by atoms with Crippen molar-refractivity contribution < 1.29 is 0 Å². The van der Waals surface area contributed by atoms with E-state index < -0.39 is 0 Å². The van der Waals surface area contributed by atoms with Crippen molar-refractivity contribution in [2.24, 2.45) is 0 Å². The Balaban J connectivity index is 1.63. The molecule has 0 heterocycles. The lowest BCUT2D eigenvalue weighted by Gasteiger charge is -2.32. The molecule has 1 saturated carbocycles. The molecule has 2 aromatic rings. The van der Waals surface area contributed by atoms with Gasteiger partial charge in [-0.2, -0.15) is 0 Å². The van der Waals surface area contributed by atoms with Gasteiger partial charge in [-0.1, -0.05) is 60.9 Å². The molecule has 3 heteroatoms. The maximum Gasteiger partial charge on any atom is 0.171 e. The molecule has 0 spiro atoms. The molecular formula is C22H28N2S. The van der Waals surface area contributed by atoms with E-state index in [9.17, 15) is 0 Å². The van der Waals surface area contributed by atoms with Gasteiger partial charge in [0.2, 0.25) is 0 Å². The first-order chi connectivity index (χ1) is 12.1. The predicted octanol–water partition coefficient (Wildman–Crippen LogP) is 5.54. The molecule has 1 aliphatic carbocycles. The fourth-order valence-electron chi connectivity index (χ4n) is 3.87. The van der Waals surface area contributed by atoms with Crippen molar-refractivity contribution >= 4 is 23.0 Å². The highest BCUT2D eigenvalue weighted by Gasteiger charge is 2.34. The molecule has 1 aliphatic rings. The van der Waals surface area contributed by atoms with E-state index in [1.165, 1.54) is 42.4 Å². The van der Waals surface area contributed by atoms with Crippen LogP contribution in [0.4, 0.5) is 5.69 Å². The molecule has 0 amide bonds. The molecule has 2 N–H and O–H groups in total. The first kappa shape index (κ1) is 17.9. The smallest absolute Gasteiger partial charge is 0.171 e. The fraction of sp³-hybridized carbons (Fsp3) is 0.409. The second kappa shape index (κ2) is 8.01. The van der Waals surface area contributed by atoms with E-state index >= 15 is 0 Å². The molecular weight excluding hydrogens is 324 g/mol. The first-order valence-electron chi connectivity index (χ1n) is 9.27. The average molecular weight is 353 g/mol. The minimum absolute atomic E-state index is 0.137. The summed E-state index contributed by atoms with van der Waals surface area (Å²) in [6.45, 7) is 4.24. The predicted molar refractivity (Wildman–Crippen MR) is 111 cm³/mol. The summed E-state index contributed by atoms with van der Waals surface area (Å²) in [4.78, 5) is 0. The molecule has 0 radical (unpaired) electrons. The summed E-state index contributed by atoms with van der Waals surface area (Å²) < 4.78 is 0. The summed E-state index contributed by atoms with van der Waals surface area (Å²) in [6.07, 6.45) is 7.21. The number of benzene rings is 2. The molecule has 1 fully saturated rings. The van der Waals surface area contributed by atoms with E-state index in [0.717, 1.165) is 23.6 Å². The van der Waals surface area contributed by atoms with Gasteiger partial charge in [-0.15, -0.1) is 0 Å². The lowest BCUT2D eigenvalue weighted by molar-refractivity contribution is 0.362.